The lowest BCUT2D eigenvalue weighted by atomic mass is 10.5. The molecule has 0 aliphatic rings. The van der Waals surface area contributed by atoms with Gasteiger partial charge in [0.25, 0.3) is 0 Å². The van der Waals surface area contributed by atoms with Gasteiger partial charge in [-0.3, -0.25) is 0 Å². The Bertz CT molecular complexity index is 576. The fraction of sp³-hybridized carbons (Fsp3) is 0.500. The second-order valence-electron chi connectivity index (χ2n) is 4.16. The van der Waals surface area contributed by atoms with E-state index in [4.69, 9.17) is 4.52 Å². The summed E-state index contributed by atoms with van der Waals surface area (Å²) in [6.45, 7) is 7.57. The molecule has 0 saturated heterocycles. The van der Waals surface area contributed by atoms with E-state index < -0.39 is 0 Å². The maximum absolute atomic E-state index is 4.91. The summed E-state index contributed by atoms with van der Waals surface area (Å²) in [5, 5.41) is 13.3. The van der Waals surface area contributed by atoms with Crippen molar-refractivity contribution in [3.63, 3.8) is 0 Å². The van der Waals surface area contributed by atoms with Gasteiger partial charge in [-0.25, -0.2) is 9.98 Å². The van der Waals surface area contributed by atoms with E-state index in [0.717, 1.165) is 17.2 Å². The molecule has 108 valence electrons. The highest BCUT2D eigenvalue weighted by Crippen LogP contribution is 2.07. The quantitative estimate of drug-likeness (QED) is 0.640. The summed E-state index contributed by atoms with van der Waals surface area (Å²) in [5.41, 5.74) is 1.04. The smallest absolute Gasteiger partial charge is 0.223 e. The number of aryl methyl sites for hydroxylation is 2. The lowest BCUT2D eigenvalue weighted by molar-refractivity contribution is 0.387. The third-order valence-electron chi connectivity index (χ3n) is 2.37. The van der Waals surface area contributed by atoms with Crippen LogP contribution in [0, 0.1) is 13.8 Å². The number of aliphatic imine (C=N–C) groups is 1. The molecular weight excluding hydrogens is 276 g/mol. The van der Waals surface area contributed by atoms with E-state index >= 15 is 0 Å². The van der Waals surface area contributed by atoms with Crippen molar-refractivity contribution >= 4 is 17.3 Å². The number of nitrogens with one attached hydrogen (secondary N) is 2. The Labute approximate surface area is 121 Å². The number of hydrogen-bond donors (Lipinski definition) is 2. The Kier molecular flexibility index (Phi) is 5.05. The third-order valence-corrected chi connectivity index (χ3v) is 3.33. The minimum absolute atomic E-state index is 0.379. The summed E-state index contributed by atoms with van der Waals surface area (Å²) in [6, 6.07) is 0. The molecule has 0 aliphatic carbocycles. The second kappa shape index (κ2) is 6.99. The summed E-state index contributed by atoms with van der Waals surface area (Å²) in [5.74, 6) is 1.83. The molecule has 0 unspecified atom stereocenters. The molecule has 0 bridgehead atoms. The molecule has 2 heterocycles. The SMILES string of the molecule is CCNC(=NCc1noc(C)n1)NCc1nc(C)cs1. The van der Waals surface area contributed by atoms with Gasteiger partial charge in [-0.1, -0.05) is 5.16 Å². The molecule has 20 heavy (non-hydrogen) atoms. The molecule has 0 aliphatic heterocycles. The summed E-state index contributed by atoms with van der Waals surface area (Å²) < 4.78 is 4.91. The van der Waals surface area contributed by atoms with E-state index in [-0.39, 0.29) is 0 Å². The van der Waals surface area contributed by atoms with Crippen LogP contribution in [0.2, 0.25) is 0 Å². The van der Waals surface area contributed by atoms with Gasteiger partial charge in [0.2, 0.25) is 5.89 Å². The Morgan fingerprint density at radius 1 is 1.35 bits per heavy atom. The first kappa shape index (κ1) is 14.4. The third kappa shape index (κ3) is 4.30. The van der Waals surface area contributed by atoms with Crippen molar-refractivity contribution in [3.8, 4) is 0 Å². The predicted octanol–water partition coefficient (Wildman–Crippen LogP) is 1.40. The van der Waals surface area contributed by atoms with Gasteiger partial charge in [-0.2, -0.15) is 4.98 Å². The number of aromatic nitrogens is 3. The lowest BCUT2D eigenvalue weighted by Crippen LogP contribution is -2.36. The van der Waals surface area contributed by atoms with Gasteiger partial charge >= 0.3 is 0 Å². The fourth-order valence-corrected chi connectivity index (χ4v) is 2.25. The van der Waals surface area contributed by atoms with Crippen LogP contribution in [0.5, 0.6) is 0 Å². The highest BCUT2D eigenvalue weighted by atomic mass is 32.1. The minimum atomic E-state index is 0.379. The normalized spacial score (nSPS) is 11.7. The van der Waals surface area contributed by atoms with Crippen molar-refractivity contribution in [2.45, 2.75) is 33.9 Å². The molecule has 8 heteroatoms. The molecule has 2 N–H and O–H groups in total. The van der Waals surface area contributed by atoms with Crippen molar-refractivity contribution in [2.75, 3.05) is 6.54 Å². The lowest BCUT2D eigenvalue weighted by Gasteiger charge is -2.09. The molecule has 0 aromatic carbocycles. The molecule has 0 radical (unpaired) electrons. The number of thiazole rings is 1. The van der Waals surface area contributed by atoms with E-state index in [1.54, 1.807) is 18.3 Å². The van der Waals surface area contributed by atoms with Crippen molar-refractivity contribution < 1.29 is 4.52 Å². The molecule has 0 spiro atoms. The van der Waals surface area contributed by atoms with E-state index in [1.165, 1.54) is 0 Å². The van der Waals surface area contributed by atoms with Crippen molar-refractivity contribution in [1.29, 1.82) is 0 Å². The standard InChI is InChI=1S/C12H18N6OS/c1-4-13-12(14-5-10-17-9(3)19-18-10)15-6-11-16-8(2)7-20-11/h7H,4-6H2,1-3H3,(H2,13,14,15). The van der Waals surface area contributed by atoms with Crippen LogP contribution in [0.3, 0.4) is 0 Å². The molecule has 7 nitrogen and oxygen atoms in total. The topological polar surface area (TPSA) is 88.2 Å². The monoisotopic (exact) mass is 294 g/mol. The highest BCUT2D eigenvalue weighted by Gasteiger charge is 2.04. The molecule has 2 aromatic heterocycles. The number of rotatable bonds is 5. The predicted molar refractivity (Wildman–Crippen MR) is 77.5 cm³/mol. The number of nitrogens with zero attached hydrogens (tertiary/aromatic N) is 4. The zero-order chi connectivity index (χ0) is 14.4. The highest BCUT2D eigenvalue weighted by molar-refractivity contribution is 7.09. The minimum Gasteiger partial charge on any atom is -0.357 e. The van der Waals surface area contributed by atoms with Crippen LogP contribution in [-0.2, 0) is 13.1 Å². The van der Waals surface area contributed by atoms with Gasteiger partial charge in [0, 0.05) is 24.5 Å². The van der Waals surface area contributed by atoms with Crippen LogP contribution < -0.4 is 10.6 Å². The first-order valence-electron chi connectivity index (χ1n) is 6.39. The molecule has 0 atom stereocenters. The Morgan fingerprint density at radius 2 is 2.20 bits per heavy atom. The van der Waals surface area contributed by atoms with E-state index in [1.807, 2.05) is 19.2 Å². The average Bonchev–Trinajstić information content (AvgIpc) is 3.02. The van der Waals surface area contributed by atoms with Crippen molar-refractivity contribution in [3.05, 3.63) is 27.8 Å². The van der Waals surface area contributed by atoms with E-state index in [0.29, 0.717) is 30.8 Å². The van der Waals surface area contributed by atoms with Crippen LogP contribution in [0.4, 0.5) is 0 Å². The van der Waals surface area contributed by atoms with Crippen LogP contribution in [0.15, 0.2) is 14.9 Å². The molecule has 0 saturated carbocycles. The summed E-state index contributed by atoms with van der Waals surface area (Å²) in [4.78, 5) is 12.9. The van der Waals surface area contributed by atoms with Crippen LogP contribution >= 0.6 is 11.3 Å². The summed E-state index contributed by atoms with van der Waals surface area (Å²) >= 11 is 1.63. The van der Waals surface area contributed by atoms with Gasteiger partial charge in [-0.05, 0) is 13.8 Å². The van der Waals surface area contributed by atoms with Crippen LogP contribution in [-0.4, -0.2) is 27.6 Å². The van der Waals surface area contributed by atoms with Crippen LogP contribution in [0.25, 0.3) is 0 Å². The first-order chi connectivity index (χ1) is 9.67. The van der Waals surface area contributed by atoms with Crippen molar-refractivity contribution in [2.24, 2.45) is 4.99 Å². The number of guanidine groups is 1. The van der Waals surface area contributed by atoms with Crippen LogP contribution in [0.1, 0.15) is 29.3 Å². The molecule has 0 fully saturated rings. The zero-order valence-corrected chi connectivity index (χ0v) is 12.6. The van der Waals surface area contributed by atoms with Gasteiger partial charge < -0.3 is 15.2 Å². The van der Waals surface area contributed by atoms with Gasteiger partial charge in [0.1, 0.15) is 11.6 Å². The Balaban J connectivity index is 1.91. The van der Waals surface area contributed by atoms with E-state index in [9.17, 15) is 0 Å². The molecule has 2 rings (SSSR count). The maximum atomic E-state index is 4.91. The molecule has 0 amide bonds. The first-order valence-corrected chi connectivity index (χ1v) is 7.27. The summed E-state index contributed by atoms with van der Waals surface area (Å²) in [6.07, 6.45) is 0. The largest absolute Gasteiger partial charge is 0.357 e. The summed E-state index contributed by atoms with van der Waals surface area (Å²) in [7, 11) is 0. The average molecular weight is 294 g/mol. The second-order valence-corrected chi connectivity index (χ2v) is 5.10. The number of hydrogen-bond acceptors (Lipinski definition) is 6. The molecule has 2 aromatic rings. The van der Waals surface area contributed by atoms with Gasteiger partial charge in [0.05, 0.1) is 6.54 Å². The van der Waals surface area contributed by atoms with Crippen molar-refractivity contribution in [1.82, 2.24) is 25.8 Å². The zero-order valence-electron chi connectivity index (χ0n) is 11.8. The van der Waals surface area contributed by atoms with Gasteiger partial charge in [0.15, 0.2) is 11.8 Å². The van der Waals surface area contributed by atoms with E-state index in [2.05, 4.69) is 30.8 Å². The maximum Gasteiger partial charge on any atom is 0.223 e. The fourth-order valence-electron chi connectivity index (χ4n) is 1.54. The Hall–Kier alpha value is -1.96. The molecular formula is C12H18N6OS. The Morgan fingerprint density at radius 3 is 2.80 bits per heavy atom. The van der Waals surface area contributed by atoms with Gasteiger partial charge in [-0.15, -0.1) is 11.3 Å².